The van der Waals surface area contributed by atoms with Crippen LogP contribution in [0.5, 0.6) is 0 Å². The molecule has 1 atom stereocenters. The highest BCUT2D eigenvalue weighted by atomic mass is 79.9. The molecule has 1 N–H and O–H groups in total. The molecule has 0 spiro atoms. The number of imidazole rings is 1. The number of benzene rings is 1. The minimum Gasteiger partial charge on any atom is -0.340 e. The van der Waals surface area contributed by atoms with E-state index in [1.54, 1.807) is 31.2 Å². The number of aryl methyl sites for hydroxylation is 1. The Balaban J connectivity index is 2.55. The summed E-state index contributed by atoms with van der Waals surface area (Å²) in [4.78, 5) is 4.13. The Morgan fingerprint density at radius 3 is 2.67 bits per heavy atom. The van der Waals surface area contributed by atoms with E-state index in [9.17, 15) is 8.78 Å². The third-order valence-electron chi connectivity index (χ3n) is 2.68. The standard InChI is InChI=1S/C12H12BrF2N3/c1-16-12(9-5-18(2)6-17-9)10-8(14)4-3-7(13)11(10)15/h3-6,12,16H,1-2H3. The van der Waals surface area contributed by atoms with Gasteiger partial charge in [0.1, 0.15) is 11.6 Å². The first-order chi connectivity index (χ1) is 8.54. The van der Waals surface area contributed by atoms with Crippen molar-refractivity contribution in [1.82, 2.24) is 14.9 Å². The molecule has 6 heteroatoms. The number of nitrogens with zero attached hydrogens (tertiary/aromatic N) is 2. The van der Waals surface area contributed by atoms with Crippen LogP contribution in [0.2, 0.25) is 0 Å². The van der Waals surface area contributed by atoms with Crippen molar-refractivity contribution < 1.29 is 8.78 Å². The first-order valence-electron chi connectivity index (χ1n) is 5.33. The van der Waals surface area contributed by atoms with Crippen LogP contribution in [0, 0.1) is 11.6 Å². The second kappa shape index (κ2) is 5.16. The molecule has 18 heavy (non-hydrogen) atoms. The molecular formula is C12H12BrF2N3. The van der Waals surface area contributed by atoms with E-state index in [1.165, 1.54) is 12.1 Å². The predicted octanol–water partition coefficient (Wildman–Crippen LogP) is 2.77. The molecule has 0 bridgehead atoms. The van der Waals surface area contributed by atoms with Crippen molar-refractivity contribution in [3.63, 3.8) is 0 Å². The zero-order chi connectivity index (χ0) is 13.3. The van der Waals surface area contributed by atoms with Gasteiger partial charge in [0, 0.05) is 18.8 Å². The van der Waals surface area contributed by atoms with E-state index in [0.29, 0.717) is 5.69 Å². The molecule has 2 aromatic rings. The summed E-state index contributed by atoms with van der Waals surface area (Å²) < 4.78 is 29.8. The molecule has 0 fully saturated rings. The fraction of sp³-hybridized carbons (Fsp3) is 0.250. The van der Waals surface area contributed by atoms with E-state index >= 15 is 0 Å². The minimum atomic E-state index is -0.622. The maximum absolute atomic E-state index is 14.0. The molecule has 0 saturated heterocycles. The van der Waals surface area contributed by atoms with Gasteiger partial charge in [-0.2, -0.15) is 0 Å². The van der Waals surface area contributed by atoms with Crippen molar-refractivity contribution in [3.8, 4) is 0 Å². The topological polar surface area (TPSA) is 29.9 Å². The zero-order valence-electron chi connectivity index (χ0n) is 9.92. The maximum atomic E-state index is 14.0. The summed E-state index contributed by atoms with van der Waals surface area (Å²) in [6.45, 7) is 0. The number of halogens is 3. The lowest BCUT2D eigenvalue weighted by Gasteiger charge is -2.16. The lowest BCUT2D eigenvalue weighted by atomic mass is 10.0. The molecule has 0 aliphatic carbocycles. The van der Waals surface area contributed by atoms with Crippen LogP contribution in [0.3, 0.4) is 0 Å². The van der Waals surface area contributed by atoms with Gasteiger partial charge < -0.3 is 9.88 Å². The first kappa shape index (κ1) is 13.2. The second-order valence-electron chi connectivity index (χ2n) is 3.94. The lowest BCUT2D eigenvalue weighted by Crippen LogP contribution is -2.21. The third kappa shape index (κ3) is 2.30. The molecule has 0 saturated carbocycles. The van der Waals surface area contributed by atoms with Crippen molar-refractivity contribution in [2.24, 2.45) is 7.05 Å². The Morgan fingerprint density at radius 2 is 2.11 bits per heavy atom. The Labute approximate surface area is 112 Å². The van der Waals surface area contributed by atoms with Crippen molar-refractivity contribution in [3.05, 3.63) is 52.0 Å². The minimum absolute atomic E-state index is 0.0365. The van der Waals surface area contributed by atoms with Gasteiger partial charge in [-0.25, -0.2) is 13.8 Å². The summed E-state index contributed by atoms with van der Waals surface area (Å²) >= 11 is 3.06. The van der Waals surface area contributed by atoms with Crippen LogP contribution in [0.1, 0.15) is 17.3 Å². The average molecular weight is 316 g/mol. The summed E-state index contributed by atoms with van der Waals surface area (Å²) in [5.74, 6) is -1.21. The Morgan fingerprint density at radius 1 is 1.39 bits per heavy atom. The van der Waals surface area contributed by atoms with Gasteiger partial charge in [-0.15, -0.1) is 0 Å². The molecule has 1 unspecified atom stereocenters. The Hall–Kier alpha value is -1.27. The smallest absolute Gasteiger partial charge is 0.145 e. The monoisotopic (exact) mass is 315 g/mol. The second-order valence-corrected chi connectivity index (χ2v) is 4.80. The van der Waals surface area contributed by atoms with Crippen molar-refractivity contribution in [2.45, 2.75) is 6.04 Å². The third-order valence-corrected chi connectivity index (χ3v) is 3.29. The maximum Gasteiger partial charge on any atom is 0.145 e. The van der Waals surface area contributed by atoms with Crippen LogP contribution in [0.25, 0.3) is 0 Å². The summed E-state index contributed by atoms with van der Waals surface area (Å²) in [5.41, 5.74) is 0.529. The van der Waals surface area contributed by atoms with Crippen LogP contribution in [0.4, 0.5) is 8.78 Å². The first-order valence-corrected chi connectivity index (χ1v) is 6.12. The van der Waals surface area contributed by atoms with Gasteiger partial charge in [0.05, 0.1) is 22.5 Å². The Kier molecular flexibility index (Phi) is 3.77. The summed E-state index contributed by atoms with van der Waals surface area (Å²) in [5, 5.41) is 2.88. The molecule has 1 aromatic carbocycles. The van der Waals surface area contributed by atoms with Gasteiger partial charge in [0.15, 0.2) is 0 Å². The molecule has 3 nitrogen and oxygen atoms in total. The highest BCUT2D eigenvalue weighted by Crippen LogP contribution is 2.29. The fourth-order valence-electron chi connectivity index (χ4n) is 1.83. The summed E-state index contributed by atoms with van der Waals surface area (Å²) in [6, 6.07) is 1.96. The highest BCUT2D eigenvalue weighted by molar-refractivity contribution is 9.10. The Bertz CT molecular complexity index is 568. The van der Waals surface area contributed by atoms with Crippen molar-refractivity contribution >= 4 is 15.9 Å². The van der Waals surface area contributed by atoms with Gasteiger partial charge in [-0.05, 0) is 35.1 Å². The van der Waals surface area contributed by atoms with Crippen molar-refractivity contribution in [1.29, 1.82) is 0 Å². The van der Waals surface area contributed by atoms with Crippen LogP contribution >= 0.6 is 15.9 Å². The fourth-order valence-corrected chi connectivity index (χ4v) is 2.18. The number of nitrogens with one attached hydrogen (secondary N) is 1. The number of hydrogen-bond acceptors (Lipinski definition) is 2. The average Bonchev–Trinajstić information content (AvgIpc) is 2.76. The van der Waals surface area contributed by atoms with Gasteiger partial charge >= 0.3 is 0 Å². The van der Waals surface area contributed by atoms with Gasteiger partial charge in [-0.3, -0.25) is 0 Å². The van der Waals surface area contributed by atoms with Crippen LogP contribution in [-0.4, -0.2) is 16.6 Å². The summed E-state index contributed by atoms with van der Waals surface area (Å²) in [6.07, 6.45) is 3.31. The van der Waals surface area contributed by atoms with Crippen molar-refractivity contribution in [2.75, 3.05) is 7.05 Å². The van der Waals surface area contributed by atoms with E-state index in [2.05, 4.69) is 26.2 Å². The number of aromatic nitrogens is 2. The summed E-state index contributed by atoms with van der Waals surface area (Å²) in [7, 11) is 3.44. The normalized spacial score (nSPS) is 12.7. The molecule has 0 aliphatic heterocycles. The molecule has 0 amide bonds. The van der Waals surface area contributed by atoms with Gasteiger partial charge in [-0.1, -0.05) is 0 Å². The van der Waals surface area contributed by atoms with E-state index < -0.39 is 17.7 Å². The molecule has 0 radical (unpaired) electrons. The molecule has 96 valence electrons. The lowest BCUT2D eigenvalue weighted by molar-refractivity contribution is 0.515. The zero-order valence-corrected chi connectivity index (χ0v) is 11.5. The van der Waals surface area contributed by atoms with E-state index in [4.69, 9.17) is 0 Å². The van der Waals surface area contributed by atoms with E-state index in [1.807, 2.05) is 0 Å². The SMILES string of the molecule is CNC(c1cn(C)cn1)c1c(F)ccc(Br)c1F. The molecule has 2 rings (SSSR count). The number of rotatable bonds is 3. The van der Waals surface area contributed by atoms with Crippen LogP contribution < -0.4 is 5.32 Å². The van der Waals surface area contributed by atoms with Gasteiger partial charge in [0.2, 0.25) is 0 Å². The molecule has 1 aromatic heterocycles. The van der Waals surface area contributed by atoms with E-state index in [-0.39, 0.29) is 10.0 Å². The molecule has 0 aliphatic rings. The molecule has 1 heterocycles. The number of hydrogen-bond donors (Lipinski definition) is 1. The molecular weight excluding hydrogens is 304 g/mol. The van der Waals surface area contributed by atoms with Crippen LogP contribution in [0.15, 0.2) is 29.1 Å². The largest absolute Gasteiger partial charge is 0.340 e. The van der Waals surface area contributed by atoms with Gasteiger partial charge in [0.25, 0.3) is 0 Å². The van der Waals surface area contributed by atoms with E-state index in [0.717, 1.165) is 0 Å². The highest BCUT2D eigenvalue weighted by Gasteiger charge is 2.23. The quantitative estimate of drug-likeness (QED) is 0.883. The van der Waals surface area contributed by atoms with Crippen LogP contribution in [-0.2, 0) is 7.05 Å². The predicted molar refractivity (Wildman–Crippen MR) is 68.2 cm³/mol.